The molecule has 8 rings (SSSR count). The lowest BCUT2D eigenvalue weighted by Crippen LogP contribution is -2.11. The fourth-order valence-electron chi connectivity index (χ4n) is 5.72. The number of thiophene rings is 2. The van der Waals surface area contributed by atoms with Crippen LogP contribution < -0.4 is 4.90 Å². The number of fused-ring (bicyclic) bond motifs is 6. The number of anilines is 3. The van der Waals surface area contributed by atoms with Crippen LogP contribution in [0.3, 0.4) is 0 Å². The third kappa shape index (κ3) is 3.59. The van der Waals surface area contributed by atoms with Crippen molar-refractivity contribution < 1.29 is 0 Å². The van der Waals surface area contributed by atoms with E-state index >= 15 is 0 Å². The number of nitrogens with zero attached hydrogens (tertiary/aromatic N) is 1. The summed E-state index contributed by atoms with van der Waals surface area (Å²) in [7, 11) is 0. The predicted octanol–water partition coefficient (Wildman–Crippen LogP) is 11.6. The molecule has 8 aromatic rings. The molecule has 0 amide bonds. The highest BCUT2D eigenvalue weighted by molar-refractivity contribution is 7.27. The Labute approximate surface area is 234 Å². The van der Waals surface area contributed by atoms with Crippen molar-refractivity contribution in [2.24, 2.45) is 0 Å². The minimum atomic E-state index is 1.16. The monoisotopic (exact) mass is 533 g/mol. The summed E-state index contributed by atoms with van der Waals surface area (Å²) in [5.41, 5.74) is 6.05. The lowest BCUT2D eigenvalue weighted by atomic mass is 9.99. The molecule has 0 fully saturated rings. The van der Waals surface area contributed by atoms with Gasteiger partial charge in [0.2, 0.25) is 0 Å². The predicted molar refractivity (Wildman–Crippen MR) is 172 cm³/mol. The number of para-hydroxylation sites is 1. The summed E-state index contributed by atoms with van der Waals surface area (Å²) in [4.78, 5) is 2.50. The molecule has 0 aliphatic heterocycles. The number of benzene rings is 6. The third-order valence-corrected chi connectivity index (χ3v) is 9.87. The van der Waals surface area contributed by atoms with Crippen LogP contribution in [0.1, 0.15) is 0 Å². The van der Waals surface area contributed by atoms with E-state index in [1.165, 1.54) is 62.8 Å². The zero-order chi connectivity index (χ0) is 25.8. The van der Waals surface area contributed by atoms with Crippen molar-refractivity contribution in [1.29, 1.82) is 0 Å². The van der Waals surface area contributed by atoms with Gasteiger partial charge in [0.15, 0.2) is 0 Å². The van der Waals surface area contributed by atoms with Gasteiger partial charge in [-0.05, 0) is 35.9 Å². The largest absolute Gasteiger partial charge is 0.307 e. The highest BCUT2D eigenvalue weighted by Gasteiger charge is 2.24. The molecule has 0 N–H and O–H groups in total. The molecule has 2 heterocycles. The molecule has 6 aromatic carbocycles. The Morgan fingerprint density at radius 2 is 0.974 bits per heavy atom. The number of hydrogen-bond acceptors (Lipinski definition) is 3. The van der Waals surface area contributed by atoms with Gasteiger partial charge in [-0.25, -0.2) is 0 Å². The highest BCUT2D eigenvalue weighted by atomic mass is 32.1. The second-order valence-corrected chi connectivity index (χ2v) is 11.8. The topological polar surface area (TPSA) is 3.24 Å². The SMILES string of the molecule is c1ccc(-c2ccc3c(sc4ccccc43)c2N(c2ccccc2)c2cccc3c2sc2ccccc23)cc1. The van der Waals surface area contributed by atoms with Crippen molar-refractivity contribution in [2.45, 2.75) is 0 Å². The van der Waals surface area contributed by atoms with E-state index in [2.05, 4.69) is 144 Å². The molecule has 184 valence electrons. The van der Waals surface area contributed by atoms with Gasteiger partial charge in [0.25, 0.3) is 0 Å². The maximum Gasteiger partial charge on any atom is 0.0719 e. The van der Waals surface area contributed by atoms with Crippen LogP contribution in [-0.2, 0) is 0 Å². The first kappa shape index (κ1) is 22.5. The van der Waals surface area contributed by atoms with Crippen molar-refractivity contribution >= 4 is 80.1 Å². The fourth-order valence-corrected chi connectivity index (χ4v) is 8.17. The molecule has 39 heavy (non-hydrogen) atoms. The van der Waals surface area contributed by atoms with Crippen molar-refractivity contribution in [3.63, 3.8) is 0 Å². The Bertz CT molecular complexity index is 2120. The van der Waals surface area contributed by atoms with E-state index < -0.39 is 0 Å². The zero-order valence-electron chi connectivity index (χ0n) is 21.0. The van der Waals surface area contributed by atoms with E-state index in [1.807, 2.05) is 22.7 Å². The van der Waals surface area contributed by atoms with Crippen molar-refractivity contribution in [3.8, 4) is 11.1 Å². The van der Waals surface area contributed by atoms with Crippen molar-refractivity contribution in [1.82, 2.24) is 0 Å². The molecular weight excluding hydrogens is 511 g/mol. The van der Waals surface area contributed by atoms with Crippen LogP contribution in [0.25, 0.3) is 51.5 Å². The van der Waals surface area contributed by atoms with Crippen LogP contribution in [0.4, 0.5) is 17.1 Å². The second-order valence-electron chi connectivity index (χ2n) is 9.73. The van der Waals surface area contributed by atoms with Gasteiger partial charge in [-0.1, -0.05) is 109 Å². The minimum absolute atomic E-state index is 1.16. The molecule has 0 unspecified atom stereocenters. The molecule has 2 aromatic heterocycles. The Kier molecular flexibility index (Phi) is 5.25. The van der Waals surface area contributed by atoms with Gasteiger partial charge in [-0.2, -0.15) is 0 Å². The van der Waals surface area contributed by atoms with Gasteiger partial charge in [0.1, 0.15) is 0 Å². The first-order valence-corrected chi connectivity index (χ1v) is 14.8. The summed E-state index contributed by atoms with van der Waals surface area (Å²) in [6.45, 7) is 0. The molecule has 0 spiro atoms. The molecule has 0 radical (unpaired) electrons. The van der Waals surface area contributed by atoms with E-state index in [4.69, 9.17) is 0 Å². The van der Waals surface area contributed by atoms with Crippen molar-refractivity contribution in [3.05, 3.63) is 140 Å². The van der Waals surface area contributed by atoms with E-state index in [0.717, 1.165) is 5.69 Å². The quantitative estimate of drug-likeness (QED) is 0.217. The zero-order valence-corrected chi connectivity index (χ0v) is 22.7. The van der Waals surface area contributed by atoms with Gasteiger partial charge in [0, 0.05) is 42.2 Å². The summed E-state index contributed by atoms with van der Waals surface area (Å²) in [5, 5.41) is 5.23. The summed E-state index contributed by atoms with van der Waals surface area (Å²) >= 11 is 3.77. The van der Waals surface area contributed by atoms with Crippen LogP contribution in [0.15, 0.2) is 140 Å². The standard InChI is InChI=1S/C36H23NS2/c1-3-12-24(13-4-1)26-22-23-30-28-17-8-10-21-33(28)39-36(30)34(26)37(25-14-5-2-6-15-25)31-19-11-18-29-27-16-7-9-20-32(27)38-35(29)31/h1-23H. The van der Waals surface area contributed by atoms with Gasteiger partial charge < -0.3 is 4.90 Å². The molecule has 0 atom stereocenters. The second kappa shape index (κ2) is 9.09. The van der Waals surface area contributed by atoms with Crippen LogP contribution in [-0.4, -0.2) is 0 Å². The lowest BCUT2D eigenvalue weighted by Gasteiger charge is -2.29. The fraction of sp³-hybridized carbons (Fsp3) is 0. The summed E-state index contributed by atoms with van der Waals surface area (Å²) in [6, 6.07) is 50.5. The Balaban J connectivity index is 1.54. The highest BCUT2D eigenvalue weighted by Crippen LogP contribution is 2.51. The average molecular weight is 534 g/mol. The van der Waals surface area contributed by atoms with Gasteiger partial charge >= 0.3 is 0 Å². The Hall–Kier alpha value is -4.44. The molecule has 0 saturated carbocycles. The molecule has 0 saturated heterocycles. The maximum absolute atomic E-state index is 2.50. The summed E-state index contributed by atoms with van der Waals surface area (Å²) in [5.74, 6) is 0. The smallest absolute Gasteiger partial charge is 0.0719 e. The lowest BCUT2D eigenvalue weighted by molar-refractivity contribution is 1.32. The molecule has 0 bridgehead atoms. The number of hydrogen-bond donors (Lipinski definition) is 0. The van der Waals surface area contributed by atoms with E-state index in [-0.39, 0.29) is 0 Å². The molecular formula is C36H23NS2. The normalized spacial score (nSPS) is 11.6. The Morgan fingerprint density at radius 1 is 0.410 bits per heavy atom. The third-order valence-electron chi connectivity index (χ3n) is 7.47. The Morgan fingerprint density at radius 3 is 1.69 bits per heavy atom. The molecule has 0 aliphatic rings. The van der Waals surface area contributed by atoms with Crippen LogP contribution >= 0.6 is 22.7 Å². The summed E-state index contributed by atoms with van der Waals surface area (Å²) in [6.07, 6.45) is 0. The first-order valence-electron chi connectivity index (χ1n) is 13.1. The average Bonchev–Trinajstić information content (AvgIpc) is 3.58. The minimum Gasteiger partial charge on any atom is -0.307 e. The van der Waals surface area contributed by atoms with E-state index in [9.17, 15) is 0 Å². The van der Waals surface area contributed by atoms with Crippen LogP contribution in [0, 0.1) is 0 Å². The summed E-state index contributed by atoms with van der Waals surface area (Å²) < 4.78 is 5.24. The van der Waals surface area contributed by atoms with Gasteiger partial charge in [0.05, 0.1) is 20.8 Å². The molecule has 3 heteroatoms. The first-order chi connectivity index (χ1) is 19.4. The number of rotatable bonds is 4. The maximum atomic E-state index is 2.50. The van der Waals surface area contributed by atoms with Crippen molar-refractivity contribution in [2.75, 3.05) is 4.90 Å². The van der Waals surface area contributed by atoms with Crippen LogP contribution in [0.2, 0.25) is 0 Å². The molecule has 0 aliphatic carbocycles. The van der Waals surface area contributed by atoms with Crippen LogP contribution in [0.5, 0.6) is 0 Å². The van der Waals surface area contributed by atoms with E-state index in [1.54, 1.807) is 0 Å². The van der Waals surface area contributed by atoms with Gasteiger partial charge in [-0.3, -0.25) is 0 Å². The van der Waals surface area contributed by atoms with E-state index in [0.29, 0.717) is 0 Å². The van der Waals surface area contributed by atoms with Gasteiger partial charge in [-0.15, -0.1) is 22.7 Å². The molecule has 1 nitrogen and oxygen atoms in total.